The number of amides is 1. The quantitative estimate of drug-likeness (QED) is 0.763. The molecule has 0 aliphatic heterocycles. The molecule has 1 unspecified atom stereocenters. The third kappa shape index (κ3) is 4.37. The summed E-state index contributed by atoms with van der Waals surface area (Å²) in [5.41, 5.74) is 1.95. The molecule has 0 radical (unpaired) electrons. The molecular weight excluding hydrogens is 302 g/mol. The largest absolute Gasteiger partial charge is 0.444 e. The first-order chi connectivity index (χ1) is 11.3. The van der Waals surface area contributed by atoms with Gasteiger partial charge in [-0.2, -0.15) is 0 Å². The van der Waals surface area contributed by atoms with E-state index in [1.165, 1.54) is 11.1 Å². The molecule has 0 heterocycles. The Morgan fingerprint density at radius 2 is 2.04 bits per heavy atom. The molecule has 0 spiro atoms. The van der Waals surface area contributed by atoms with Gasteiger partial charge in [0.05, 0.1) is 0 Å². The van der Waals surface area contributed by atoms with Crippen LogP contribution in [-0.2, 0) is 21.4 Å². The SMILES string of the molecule is CN(CC1(CCC=O)CCCc2ccccc21)C(=O)OC(C)(C)C. The molecule has 24 heavy (non-hydrogen) atoms. The van der Waals surface area contributed by atoms with Gasteiger partial charge in [0, 0.05) is 25.4 Å². The zero-order valence-corrected chi connectivity index (χ0v) is 15.3. The van der Waals surface area contributed by atoms with Crippen molar-refractivity contribution in [3.8, 4) is 0 Å². The molecule has 1 aliphatic carbocycles. The summed E-state index contributed by atoms with van der Waals surface area (Å²) in [5, 5.41) is 0. The molecule has 0 aromatic heterocycles. The number of fused-ring (bicyclic) bond motifs is 1. The van der Waals surface area contributed by atoms with Gasteiger partial charge in [0.2, 0.25) is 0 Å². The van der Waals surface area contributed by atoms with Gasteiger partial charge < -0.3 is 14.4 Å². The van der Waals surface area contributed by atoms with Gasteiger partial charge in [-0.15, -0.1) is 0 Å². The van der Waals surface area contributed by atoms with Gasteiger partial charge in [-0.25, -0.2) is 4.79 Å². The average Bonchev–Trinajstić information content (AvgIpc) is 2.52. The molecule has 132 valence electrons. The van der Waals surface area contributed by atoms with Crippen LogP contribution in [0.4, 0.5) is 4.79 Å². The lowest BCUT2D eigenvalue weighted by Gasteiger charge is -2.42. The van der Waals surface area contributed by atoms with Crippen LogP contribution in [0.5, 0.6) is 0 Å². The van der Waals surface area contributed by atoms with Crippen LogP contribution in [0.15, 0.2) is 24.3 Å². The number of hydrogen-bond acceptors (Lipinski definition) is 3. The molecule has 0 bridgehead atoms. The maximum absolute atomic E-state index is 12.4. The highest BCUT2D eigenvalue weighted by molar-refractivity contribution is 5.68. The summed E-state index contributed by atoms with van der Waals surface area (Å²) in [5.74, 6) is 0. The minimum atomic E-state index is -0.508. The van der Waals surface area contributed by atoms with Crippen molar-refractivity contribution in [2.24, 2.45) is 0 Å². The van der Waals surface area contributed by atoms with E-state index in [1.54, 1.807) is 11.9 Å². The highest BCUT2D eigenvalue weighted by atomic mass is 16.6. The molecule has 0 N–H and O–H groups in total. The van der Waals surface area contributed by atoms with Crippen LogP contribution in [0.1, 0.15) is 57.6 Å². The lowest BCUT2D eigenvalue weighted by atomic mass is 9.67. The number of aryl methyl sites for hydroxylation is 1. The maximum atomic E-state index is 12.4. The first-order valence-electron chi connectivity index (χ1n) is 8.73. The van der Waals surface area contributed by atoms with Crippen molar-refractivity contribution < 1.29 is 14.3 Å². The Kier molecular flexibility index (Phi) is 5.68. The second kappa shape index (κ2) is 7.37. The Morgan fingerprint density at radius 1 is 1.33 bits per heavy atom. The topological polar surface area (TPSA) is 46.6 Å². The highest BCUT2D eigenvalue weighted by Crippen LogP contribution is 2.41. The molecular formula is C20H29NO3. The van der Waals surface area contributed by atoms with E-state index in [4.69, 9.17) is 4.74 Å². The summed E-state index contributed by atoms with van der Waals surface area (Å²) in [4.78, 5) is 25.1. The fourth-order valence-corrected chi connectivity index (χ4v) is 3.70. The molecule has 0 fully saturated rings. The third-order valence-corrected chi connectivity index (χ3v) is 4.68. The molecule has 1 aliphatic rings. The molecule has 0 saturated heterocycles. The molecule has 1 atom stereocenters. The monoisotopic (exact) mass is 331 g/mol. The first-order valence-corrected chi connectivity index (χ1v) is 8.73. The minimum Gasteiger partial charge on any atom is -0.444 e. The summed E-state index contributed by atoms with van der Waals surface area (Å²) in [7, 11) is 1.79. The normalized spacial score (nSPS) is 20.2. The van der Waals surface area contributed by atoms with Crippen LogP contribution >= 0.6 is 0 Å². The predicted octanol–water partition coefficient (Wildman–Crippen LogP) is 4.11. The first kappa shape index (κ1) is 18.5. The Hall–Kier alpha value is -1.84. The van der Waals surface area contributed by atoms with Crippen LogP contribution in [-0.4, -0.2) is 36.5 Å². The Balaban J connectivity index is 2.26. The van der Waals surface area contributed by atoms with Crippen molar-refractivity contribution in [1.82, 2.24) is 4.90 Å². The van der Waals surface area contributed by atoms with E-state index in [1.807, 2.05) is 26.8 Å². The number of nitrogens with zero attached hydrogens (tertiary/aromatic N) is 1. The van der Waals surface area contributed by atoms with E-state index in [0.29, 0.717) is 13.0 Å². The second-order valence-corrected chi connectivity index (χ2v) is 7.83. The summed E-state index contributed by atoms with van der Waals surface area (Å²) in [6.45, 7) is 6.19. The molecule has 4 nitrogen and oxygen atoms in total. The number of ether oxygens (including phenoxy) is 1. The van der Waals surface area contributed by atoms with Gasteiger partial charge in [-0.1, -0.05) is 24.3 Å². The summed E-state index contributed by atoms with van der Waals surface area (Å²) >= 11 is 0. The van der Waals surface area contributed by atoms with Crippen LogP contribution in [0, 0.1) is 0 Å². The maximum Gasteiger partial charge on any atom is 0.410 e. The van der Waals surface area contributed by atoms with Crippen LogP contribution in [0.3, 0.4) is 0 Å². The van der Waals surface area contributed by atoms with Crippen molar-refractivity contribution in [3.63, 3.8) is 0 Å². The van der Waals surface area contributed by atoms with Crippen molar-refractivity contribution in [3.05, 3.63) is 35.4 Å². The van der Waals surface area contributed by atoms with Gasteiger partial charge in [0.1, 0.15) is 11.9 Å². The highest BCUT2D eigenvalue weighted by Gasteiger charge is 2.38. The molecule has 4 heteroatoms. The minimum absolute atomic E-state index is 0.165. The van der Waals surface area contributed by atoms with Crippen molar-refractivity contribution in [1.29, 1.82) is 0 Å². The lowest BCUT2D eigenvalue weighted by molar-refractivity contribution is -0.108. The van der Waals surface area contributed by atoms with E-state index in [2.05, 4.69) is 18.2 Å². The average molecular weight is 331 g/mol. The van der Waals surface area contributed by atoms with E-state index in [0.717, 1.165) is 32.0 Å². The predicted molar refractivity (Wildman–Crippen MR) is 95.2 cm³/mol. The smallest absolute Gasteiger partial charge is 0.410 e. The van der Waals surface area contributed by atoms with Crippen LogP contribution in [0.2, 0.25) is 0 Å². The Morgan fingerprint density at radius 3 is 2.71 bits per heavy atom. The fourth-order valence-electron chi connectivity index (χ4n) is 3.70. The van der Waals surface area contributed by atoms with Crippen molar-refractivity contribution in [2.45, 2.75) is 63.9 Å². The Labute approximate surface area is 145 Å². The zero-order chi connectivity index (χ0) is 17.8. The number of likely N-dealkylation sites (N-methyl/N-ethyl adjacent to an activating group) is 1. The molecule has 1 aromatic rings. The molecule has 0 saturated carbocycles. The second-order valence-electron chi connectivity index (χ2n) is 7.83. The fraction of sp³-hybridized carbons (Fsp3) is 0.600. The Bertz CT molecular complexity index is 591. The van der Waals surface area contributed by atoms with Gasteiger partial charge >= 0.3 is 6.09 Å². The lowest BCUT2D eigenvalue weighted by Crippen LogP contribution is -2.45. The van der Waals surface area contributed by atoms with Crippen LogP contribution < -0.4 is 0 Å². The molecule has 1 aromatic carbocycles. The number of carbonyl (C=O) groups excluding carboxylic acids is 2. The van der Waals surface area contributed by atoms with E-state index < -0.39 is 5.60 Å². The third-order valence-electron chi connectivity index (χ3n) is 4.68. The van der Waals surface area contributed by atoms with Gasteiger partial charge in [0.15, 0.2) is 0 Å². The number of aldehydes is 1. The number of hydrogen-bond donors (Lipinski definition) is 0. The van der Waals surface area contributed by atoms with Crippen molar-refractivity contribution >= 4 is 12.4 Å². The number of carbonyl (C=O) groups is 2. The summed E-state index contributed by atoms with van der Waals surface area (Å²) in [6, 6.07) is 8.43. The molecule has 2 rings (SSSR count). The summed E-state index contributed by atoms with van der Waals surface area (Å²) in [6.07, 6.45) is 5.08. The van der Waals surface area contributed by atoms with Gasteiger partial charge in [0.25, 0.3) is 0 Å². The molecule has 1 amide bonds. The van der Waals surface area contributed by atoms with E-state index in [-0.39, 0.29) is 11.5 Å². The van der Waals surface area contributed by atoms with Gasteiger partial charge in [-0.05, 0) is 57.6 Å². The van der Waals surface area contributed by atoms with Gasteiger partial charge in [-0.3, -0.25) is 0 Å². The number of benzene rings is 1. The zero-order valence-electron chi connectivity index (χ0n) is 15.3. The van der Waals surface area contributed by atoms with E-state index in [9.17, 15) is 9.59 Å². The van der Waals surface area contributed by atoms with E-state index >= 15 is 0 Å². The number of rotatable bonds is 5. The van der Waals surface area contributed by atoms with Crippen molar-refractivity contribution in [2.75, 3.05) is 13.6 Å². The van der Waals surface area contributed by atoms with Crippen LogP contribution in [0.25, 0.3) is 0 Å². The standard InChI is InChI=1S/C20H29NO3/c1-19(2,3)24-18(23)21(4)15-20(13-8-14-22)12-7-10-16-9-5-6-11-17(16)20/h5-6,9,11,14H,7-8,10,12-13,15H2,1-4H3. The summed E-state index contributed by atoms with van der Waals surface area (Å²) < 4.78 is 5.50.